The van der Waals surface area contributed by atoms with Crippen LogP contribution in [0.15, 0.2) is 0 Å². The molecule has 0 bridgehead atoms. The van der Waals surface area contributed by atoms with E-state index in [1.807, 2.05) is 0 Å². The molecule has 1 saturated heterocycles. The zero-order chi connectivity index (χ0) is 7.82. The molecule has 5 N–H and O–H groups in total. The van der Waals surface area contributed by atoms with E-state index in [1.54, 1.807) is 0 Å². The molecule has 0 atom stereocenters. The van der Waals surface area contributed by atoms with Gasteiger partial charge in [0.15, 0.2) is 0 Å². The van der Waals surface area contributed by atoms with E-state index in [2.05, 4.69) is 5.32 Å². The molecule has 0 aromatic heterocycles. The number of hydrogen-bond donors (Lipinski definition) is 3. The van der Waals surface area contributed by atoms with Gasteiger partial charge in [-0.05, 0) is 25.9 Å². The predicted molar refractivity (Wildman–Crippen MR) is 50.9 cm³/mol. The Bertz CT molecular complexity index is 85.9. The van der Waals surface area contributed by atoms with Crippen LogP contribution in [0.25, 0.3) is 0 Å². The first-order chi connectivity index (χ1) is 4.73. The van der Waals surface area contributed by atoms with Crippen molar-refractivity contribution in [2.24, 2.45) is 0 Å². The van der Waals surface area contributed by atoms with E-state index < -0.39 is 8.25 Å². The predicted octanol–water partition coefficient (Wildman–Crippen LogP) is -1.35. The van der Waals surface area contributed by atoms with Crippen molar-refractivity contribution in [1.82, 2.24) is 5.32 Å². The van der Waals surface area contributed by atoms with Gasteiger partial charge in [0, 0.05) is 0 Å². The Morgan fingerprint density at radius 1 is 1.08 bits per heavy atom. The topological polar surface area (TPSA) is 101 Å². The maximum absolute atomic E-state index is 8.74. The van der Waals surface area contributed by atoms with Crippen molar-refractivity contribution in [2.45, 2.75) is 19.3 Å². The third kappa shape index (κ3) is 22.6. The van der Waals surface area contributed by atoms with Gasteiger partial charge in [-0.3, -0.25) is 4.57 Å². The molecule has 12 heavy (non-hydrogen) atoms. The van der Waals surface area contributed by atoms with Crippen LogP contribution >= 0.6 is 8.25 Å². The molecule has 0 amide bonds. The molecule has 7 heteroatoms. The van der Waals surface area contributed by atoms with Crippen LogP contribution in [-0.4, -0.2) is 79.7 Å². The Hall–Kier alpha value is 1.71. The van der Waals surface area contributed by atoms with Crippen LogP contribution in [0.3, 0.4) is 0 Å². The average molecular weight is 225 g/mol. The minimum absolute atomic E-state index is 0. The van der Waals surface area contributed by atoms with Crippen LogP contribution < -0.4 is 5.32 Å². The summed E-state index contributed by atoms with van der Waals surface area (Å²) in [6, 6.07) is 0. The minimum atomic E-state index is -3.13. The molecule has 5 nitrogen and oxygen atoms in total. The summed E-state index contributed by atoms with van der Waals surface area (Å²) in [5.74, 6) is 0. The van der Waals surface area contributed by atoms with Gasteiger partial charge < -0.3 is 20.6 Å². The number of rotatable bonds is 0. The second-order valence-electron chi connectivity index (χ2n) is 2.09. The molecule has 0 aromatic carbocycles. The molecule has 1 aliphatic heterocycles. The first-order valence-corrected chi connectivity index (χ1v) is 4.66. The molecule has 0 aliphatic carbocycles. The standard InChI is InChI=1S/C5H11N.K.H3O3P.H2O.H/c1-2-4-6-5-3-1;;1-4(2)3;;/h6H,1-5H2;;4H,(H2,1,2,3);1H2;. The Balaban J connectivity index is -0.000000124. The van der Waals surface area contributed by atoms with E-state index in [1.165, 1.54) is 32.4 Å². The summed E-state index contributed by atoms with van der Waals surface area (Å²) >= 11 is 0. The van der Waals surface area contributed by atoms with Crippen LogP contribution in [0, 0.1) is 0 Å². The summed E-state index contributed by atoms with van der Waals surface area (Å²) < 4.78 is 8.74. The summed E-state index contributed by atoms with van der Waals surface area (Å²) in [5, 5.41) is 3.28. The van der Waals surface area contributed by atoms with E-state index in [-0.39, 0.29) is 56.9 Å². The van der Waals surface area contributed by atoms with E-state index in [0.29, 0.717) is 0 Å². The molecule has 1 fully saturated rings. The molecule has 72 valence electrons. The Labute approximate surface area is 116 Å². The first-order valence-electron chi connectivity index (χ1n) is 3.36. The van der Waals surface area contributed by atoms with Crippen LogP contribution in [0.4, 0.5) is 0 Å². The van der Waals surface area contributed by atoms with Crippen LogP contribution in [-0.2, 0) is 4.57 Å². The SMILES string of the molecule is C1CCNCC1.O.O=[PH](O)O.[KH]. The van der Waals surface area contributed by atoms with E-state index in [4.69, 9.17) is 14.4 Å². The van der Waals surface area contributed by atoms with Crippen molar-refractivity contribution in [3.05, 3.63) is 0 Å². The van der Waals surface area contributed by atoms with Gasteiger partial charge in [0.1, 0.15) is 0 Å². The third-order valence-corrected chi connectivity index (χ3v) is 1.21. The fraction of sp³-hybridized carbons (Fsp3) is 1.00. The van der Waals surface area contributed by atoms with Crippen molar-refractivity contribution < 1.29 is 19.8 Å². The average Bonchev–Trinajstić information content (AvgIpc) is 1.90. The Kier molecular flexibility index (Phi) is 24.4. The van der Waals surface area contributed by atoms with Crippen LogP contribution in [0.1, 0.15) is 19.3 Å². The molecule has 1 heterocycles. The number of nitrogens with one attached hydrogen (secondary N) is 1. The second-order valence-corrected chi connectivity index (χ2v) is 2.66. The molecular formula is C5H17KNO4P. The van der Waals surface area contributed by atoms with Gasteiger partial charge in [-0.15, -0.1) is 0 Å². The zero-order valence-electron chi connectivity index (χ0n) is 6.34. The van der Waals surface area contributed by atoms with Crippen molar-refractivity contribution in [3.63, 3.8) is 0 Å². The van der Waals surface area contributed by atoms with Gasteiger partial charge in [0.05, 0.1) is 0 Å². The fourth-order valence-corrected chi connectivity index (χ4v) is 0.802. The van der Waals surface area contributed by atoms with Crippen molar-refractivity contribution in [2.75, 3.05) is 13.1 Å². The van der Waals surface area contributed by atoms with Gasteiger partial charge in [0.25, 0.3) is 0 Å². The van der Waals surface area contributed by atoms with E-state index in [0.717, 1.165) is 0 Å². The molecule has 1 aliphatic rings. The van der Waals surface area contributed by atoms with Gasteiger partial charge >= 0.3 is 59.6 Å². The summed E-state index contributed by atoms with van der Waals surface area (Å²) in [6.07, 6.45) is 4.22. The zero-order valence-corrected chi connectivity index (χ0v) is 7.34. The van der Waals surface area contributed by atoms with Crippen molar-refractivity contribution in [1.29, 1.82) is 0 Å². The number of hydrogen-bond acceptors (Lipinski definition) is 2. The van der Waals surface area contributed by atoms with Crippen LogP contribution in [0.5, 0.6) is 0 Å². The second kappa shape index (κ2) is 15.2. The van der Waals surface area contributed by atoms with Gasteiger partial charge in [-0.1, -0.05) is 6.42 Å². The Morgan fingerprint density at radius 2 is 1.42 bits per heavy atom. The van der Waals surface area contributed by atoms with Crippen molar-refractivity contribution in [3.8, 4) is 0 Å². The third-order valence-electron chi connectivity index (χ3n) is 1.21. The molecule has 0 saturated carbocycles. The number of piperidine rings is 1. The normalized spacial score (nSPS) is 14.9. The van der Waals surface area contributed by atoms with Gasteiger partial charge in [-0.25, -0.2) is 0 Å². The molecule has 0 radical (unpaired) electrons. The monoisotopic (exact) mass is 225 g/mol. The molecule has 1 rings (SSSR count). The summed E-state index contributed by atoms with van der Waals surface area (Å²) in [4.78, 5) is 14.3. The molecule has 0 spiro atoms. The van der Waals surface area contributed by atoms with Gasteiger partial charge in [0.2, 0.25) is 0 Å². The Morgan fingerprint density at radius 3 is 1.50 bits per heavy atom. The maximum atomic E-state index is 8.74. The first kappa shape index (κ1) is 19.3. The van der Waals surface area contributed by atoms with Crippen molar-refractivity contribution >= 4 is 59.6 Å². The quantitative estimate of drug-likeness (QED) is 0.350. The van der Waals surface area contributed by atoms with E-state index in [9.17, 15) is 0 Å². The summed E-state index contributed by atoms with van der Waals surface area (Å²) in [7, 11) is -3.13. The fourth-order valence-electron chi connectivity index (χ4n) is 0.802. The van der Waals surface area contributed by atoms with E-state index >= 15 is 0 Å². The summed E-state index contributed by atoms with van der Waals surface area (Å²) in [6.45, 7) is 2.50. The summed E-state index contributed by atoms with van der Waals surface area (Å²) in [5.41, 5.74) is 0. The van der Waals surface area contributed by atoms with Crippen LogP contribution in [0.2, 0.25) is 0 Å². The molecule has 0 unspecified atom stereocenters. The van der Waals surface area contributed by atoms with Gasteiger partial charge in [-0.2, -0.15) is 0 Å². The molecular weight excluding hydrogens is 208 g/mol. The molecule has 0 aromatic rings.